The molecule has 0 saturated carbocycles. The maximum atomic E-state index is 15.4. The van der Waals surface area contributed by atoms with Gasteiger partial charge in [0.25, 0.3) is 5.88 Å². The third kappa shape index (κ3) is 5.82. The first-order valence-electron chi connectivity index (χ1n) is 13.3. The number of benzene rings is 2. The van der Waals surface area contributed by atoms with E-state index in [0.29, 0.717) is 39.8 Å². The van der Waals surface area contributed by atoms with E-state index in [-0.39, 0.29) is 41.8 Å². The van der Waals surface area contributed by atoms with E-state index in [9.17, 15) is 13.6 Å². The highest BCUT2D eigenvalue weighted by molar-refractivity contribution is 7.20. The zero-order valence-electron chi connectivity index (χ0n) is 22.8. The number of aromatic nitrogens is 3. The van der Waals surface area contributed by atoms with Crippen LogP contribution in [0.4, 0.5) is 13.2 Å². The number of halogens is 3. The lowest BCUT2D eigenvalue weighted by molar-refractivity contribution is -0.0589. The van der Waals surface area contributed by atoms with Crippen LogP contribution in [0.2, 0.25) is 0 Å². The summed E-state index contributed by atoms with van der Waals surface area (Å²) in [5.74, 6) is -2.09. The van der Waals surface area contributed by atoms with E-state index in [0.717, 1.165) is 24.1 Å². The predicted octanol–water partition coefficient (Wildman–Crippen LogP) is 6.19. The molecule has 6 rings (SSSR count). The Morgan fingerprint density at radius 2 is 1.86 bits per heavy atom. The fourth-order valence-corrected chi connectivity index (χ4v) is 5.69. The molecule has 0 spiro atoms. The van der Waals surface area contributed by atoms with E-state index in [1.165, 1.54) is 42.7 Å². The van der Waals surface area contributed by atoms with Crippen LogP contribution in [0.25, 0.3) is 21.6 Å². The second-order valence-corrected chi connectivity index (χ2v) is 10.9. The van der Waals surface area contributed by atoms with Crippen molar-refractivity contribution in [3.8, 4) is 23.2 Å². The average Bonchev–Trinajstić information content (AvgIpc) is 3.53. The van der Waals surface area contributed by atoms with E-state index in [2.05, 4.69) is 4.98 Å². The molecule has 2 aromatic carbocycles. The maximum Gasteiger partial charge on any atom is 0.348 e. The van der Waals surface area contributed by atoms with Gasteiger partial charge in [0.05, 0.1) is 42.6 Å². The van der Waals surface area contributed by atoms with E-state index in [1.807, 2.05) is 10.6 Å². The van der Waals surface area contributed by atoms with Crippen LogP contribution in [0.3, 0.4) is 0 Å². The number of hydrogen-bond donors (Lipinski definition) is 0. The molecule has 1 aliphatic rings. The lowest BCUT2D eigenvalue weighted by atomic mass is 10.0. The molecule has 0 N–H and O–H groups in total. The first kappa shape index (κ1) is 28.4. The van der Waals surface area contributed by atoms with Crippen LogP contribution in [0.5, 0.6) is 5.88 Å². The Morgan fingerprint density at radius 1 is 1.07 bits per heavy atom. The number of hydrogen-bond acceptors (Lipinski definition) is 8. The summed E-state index contributed by atoms with van der Waals surface area (Å²) in [6.07, 6.45) is 1.10. The first-order valence-corrected chi connectivity index (χ1v) is 14.1. The summed E-state index contributed by atoms with van der Waals surface area (Å²) in [6.45, 7) is 0.897. The Bertz CT molecular complexity index is 1890. The van der Waals surface area contributed by atoms with Gasteiger partial charge in [-0.05, 0) is 48.4 Å². The van der Waals surface area contributed by atoms with E-state index in [4.69, 9.17) is 24.5 Å². The quantitative estimate of drug-likeness (QED) is 0.185. The van der Waals surface area contributed by atoms with Crippen molar-refractivity contribution >= 4 is 27.7 Å². The van der Waals surface area contributed by atoms with Gasteiger partial charge in [0.1, 0.15) is 33.8 Å². The number of nitriles is 1. The number of ether oxygens (including phenoxy) is 3. The summed E-state index contributed by atoms with van der Waals surface area (Å²) >= 11 is 1.21. The third-order valence-corrected chi connectivity index (χ3v) is 8.15. The van der Waals surface area contributed by atoms with Gasteiger partial charge in [0.15, 0.2) is 5.82 Å². The molecular weight excluding hydrogens is 581 g/mol. The summed E-state index contributed by atoms with van der Waals surface area (Å²) in [5.41, 5.74) is 2.09. The molecule has 0 radical (unpaired) electrons. The standard InChI is InChI=1S/C31H23F3N4O4S/c1-40-31(39)27-13-26-30(43-27)37-28(38(26)15-21-8-9-41-21)12-18-4-5-19(11-24(18)34)25-7-6-22(32)29(36-25)42-16-20-3-2-17(14-35)10-23(20)33/h2-7,10-11,13,21H,8-9,12,15-16H2,1H3/t21-/m0/s1. The van der Waals surface area contributed by atoms with E-state index < -0.39 is 23.4 Å². The summed E-state index contributed by atoms with van der Waals surface area (Å²) in [5, 5.41) is 8.90. The Morgan fingerprint density at radius 3 is 2.56 bits per heavy atom. The highest BCUT2D eigenvalue weighted by Gasteiger charge is 2.24. The van der Waals surface area contributed by atoms with Crippen molar-refractivity contribution in [1.29, 1.82) is 5.26 Å². The minimum Gasteiger partial charge on any atom is -0.471 e. The van der Waals surface area contributed by atoms with Gasteiger partial charge in [-0.2, -0.15) is 5.26 Å². The zero-order chi connectivity index (χ0) is 30.1. The van der Waals surface area contributed by atoms with Crippen LogP contribution in [-0.2, 0) is 29.0 Å². The third-order valence-electron chi connectivity index (χ3n) is 7.15. The molecule has 0 aliphatic carbocycles. The minimum atomic E-state index is -0.757. The van der Waals surface area contributed by atoms with Crippen molar-refractivity contribution in [1.82, 2.24) is 14.5 Å². The number of esters is 1. The van der Waals surface area contributed by atoms with Crippen molar-refractivity contribution < 1.29 is 32.2 Å². The molecule has 4 heterocycles. The summed E-state index contributed by atoms with van der Waals surface area (Å²) < 4.78 is 61.9. The lowest BCUT2D eigenvalue weighted by Crippen LogP contribution is -2.31. The van der Waals surface area contributed by atoms with Crippen LogP contribution in [0.15, 0.2) is 54.6 Å². The van der Waals surface area contributed by atoms with Crippen LogP contribution < -0.4 is 4.74 Å². The number of pyridine rings is 1. The van der Waals surface area contributed by atoms with Gasteiger partial charge in [0, 0.05) is 24.2 Å². The predicted molar refractivity (Wildman–Crippen MR) is 151 cm³/mol. The molecule has 12 heteroatoms. The summed E-state index contributed by atoms with van der Waals surface area (Å²) in [7, 11) is 1.32. The van der Waals surface area contributed by atoms with Gasteiger partial charge < -0.3 is 18.8 Å². The minimum absolute atomic E-state index is 0.0132. The molecule has 1 aliphatic heterocycles. The SMILES string of the molecule is COC(=O)c1cc2c(nc(Cc3ccc(-c4ccc(F)c(OCc5ccc(C#N)cc5F)n4)cc3F)n2C[C@@H]2CCO2)s1. The van der Waals surface area contributed by atoms with Gasteiger partial charge >= 0.3 is 5.97 Å². The second kappa shape index (κ2) is 11.9. The highest BCUT2D eigenvalue weighted by atomic mass is 32.1. The molecule has 0 unspecified atom stereocenters. The van der Waals surface area contributed by atoms with Crippen molar-refractivity contribution in [2.24, 2.45) is 0 Å². The van der Waals surface area contributed by atoms with Gasteiger partial charge in [-0.25, -0.2) is 27.9 Å². The number of rotatable bonds is 9. The Labute approximate surface area is 247 Å². The normalized spacial score (nSPS) is 14.3. The number of methoxy groups -OCH3 is 1. The highest BCUT2D eigenvalue weighted by Crippen LogP contribution is 2.31. The zero-order valence-corrected chi connectivity index (χ0v) is 23.6. The maximum absolute atomic E-state index is 15.4. The number of imidazole rings is 1. The Balaban J connectivity index is 1.23. The van der Waals surface area contributed by atoms with Crippen LogP contribution >= 0.6 is 11.3 Å². The smallest absolute Gasteiger partial charge is 0.348 e. The number of carbonyl (C=O) groups excluding carboxylic acids is 1. The Kier molecular flexibility index (Phi) is 7.84. The number of carbonyl (C=O) groups is 1. The van der Waals surface area contributed by atoms with Crippen LogP contribution in [0.1, 0.15) is 38.6 Å². The molecule has 218 valence electrons. The van der Waals surface area contributed by atoms with E-state index in [1.54, 1.807) is 18.2 Å². The van der Waals surface area contributed by atoms with Crippen LogP contribution in [-0.4, -0.2) is 40.3 Å². The lowest BCUT2D eigenvalue weighted by Gasteiger charge is -2.27. The van der Waals surface area contributed by atoms with Crippen LogP contribution in [0, 0.1) is 28.8 Å². The fraction of sp³-hybridized carbons (Fsp3) is 0.226. The second-order valence-electron chi connectivity index (χ2n) is 9.89. The average molecular weight is 605 g/mol. The molecule has 3 aromatic heterocycles. The summed E-state index contributed by atoms with van der Waals surface area (Å²) in [6, 6.07) is 14.6. The number of fused-ring (bicyclic) bond motifs is 1. The molecule has 43 heavy (non-hydrogen) atoms. The van der Waals surface area contributed by atoms with Gasteiger partial charge in [-0.1, -0.05) is 18.2 Å². The van der Waals surface area contributed by atoms with Crippen molar-refractivity contribution in [2.75, 3.05) is 13.7 Å². The molecule has 0 bridgehead atoms. The summed E-state index contributed by atoms with van der Waals surface area (Å²) in [4.78, 5) is 22.0. The molecular formula is C31H23F3N4O4S. The topological polar surface area (TPSA) is 99.3 Å². The molecule has 8 nitrogen and oxygen atoms in total. The number of thiophene rings is 1. The van der Waals surface area contributed by atoms with Gasteiger partial charge in [-0.15, -0.1) is 11.3 Å². The Hall–Kier alpha value is -4.73. The van der Waals surface area contributed by atoms with Crippen molar-refractivity contribution in [3.63, 3.8) is 0 Å². The largest absolute Gasteiger partial charge is 0.471 e. The number of nitrogens with zero attached hydrogens (tertiary/aromatic N) is 4. The van der Waals surface area contributed by atoms with E-state index >= 15 is 4.39 Å². The van der Waals surface area contributed by atoms with Gasteiger partial charge in [-0.3, -0.25) is 0 Å². The molecule has 0 amide bonds. The monoisotopic (exact) mass is 604 g/mol. The molecule has 1 atom stereocenters. The van der Waals surface area contributed by atoms with Gasteiger partial charge in [0.2, 0.25) is 0 Å². The van der Waals surface area contributed by atoms with Crippen molar-refractivity contribution in [3.05, 3.63) is 99.4 Å². The first-order chi connectivity index (χ1) is 20.8. The fourth-order valence-electron chi connectivity index (χ4n) is 4.72. The molecule has 1 fully saturated rings. The molecule has 5 aromatic rings. The molecule has 1 saturated heterocycles. The van der Waals surface area contributed by atoms with Crippen molar-refractivity contribution in [2.45, 2.75) is 32.1 Å².